The highest BCUT2D eigenvalue weighted by Gasteiger charge is 2.08. The molecule has 0 radical (unpaired) electrons. The van der Waals surface area contributed by atoms with Crippen molar-refractivity contribution < 1.29 is 9.90 Å². The Morgan fingerprint density at radius 3 is 2.20 bits per heavy atom. The van der Waals surface area contributed by atoms with Gasteiger partial charge in [-0.25, -0.2) is 4.79 Å². The molecule has 0 aliphatic rings. The van der Waals surface area contributed by atoms with Crippen molar-refractivity contribution in [3.05, 3.63) is 42.0 Å². The van der Waals surface area contributed by atoms with Crippen molar-refractivity contribution in [1.82, 2.24) is 0 Å². The van der Waals surface area contributed by atoms with Crippen molar-refractivity contribution in [3.63, 3.8) is 0 Å². The van der Waals surface area contributed by atoms with Crippen LogP contribution in [0.4, 0.5) is 0 Å². The van der Waals surface area contributed by atoms with Gasteiger partial charge in [0.05, 0.1) is 5.57 Å². The second kappa shape index (κ2) is 10.2. The largest absolute Gasteiger partial charge is 0.478 e. The van der Waals surface area contributed by atoms with E-state index in [1.165, 1.54) is 38.5 Å². The number of hydrogen-bond donors (Lipinski definition) is 1. The number of aliphatic carboxylic acids is 1. The Bertz CT molecular complexity index is 407. The molecule has 1 N–H and O–H groups in total. The van der Waals surface area contributed by atoms with Gasteiger partial charge in [-0.15, -0.1) is 0 Å². The zero-order valence-electron chi connectivity index (χ0n) is 12.5. The zero-order valence-corrected chi connectivity index (χ0v) is 12.5. The molecule has 1 rings (SSSR count). The van der Waals surface area contributed by atoms with Gasteiger partial charge < -0.3 is 5.11 Å². The summed E-state index contributed by atoms with van der Waals surface area (Å²) in [7, 11) is 0. The van der Waals surface area contributed by atoms with Crippen LogP contribution in [0.1, 0.15) is 63.9 Å². The van der Waals surface area contributed by atoms with E-state index in [2.05, 4.69) is 6.92 Å². The van der Waals surface area contributed by atoms with Gasteiger partial charge in [0.2, 0.25) is 0 Å². The second-order valence-corrected chi connectivity index (χ2v) is 5.20. The lowest BCUT2D eigenvalue weighted by Gasteiger charge is -2.03. The monoisotopic (exact) mass is 274 g/mol. The van der Waals surface area contributed by atoms with E-state index in [4.69, 9.17) is 0 Å². The minimum Gasteiger partial charge on any atom is -0.478 e. The van der Waals surface area contributed by atoms with Gasteiger partial charge >= 0.3 is 5.97 Å². The lowest BCUT2D eigenvalue weighted by molar-refractivity contribution is -0.130. The van der Waals surface area contributed by atoms with Gasteiger partial charge in [-0.2, -0.15) is 0 Å². The molecular formula is C18H26O2. The van der Waals surface area contributed by atoms with E-state index in [9.17, 15) is 9.90 Å². The maximum Gasteiger partial charge on any atom is 0.335 e. The summed E-state index contributed by atoms with van der Waals surface area (Å²) in [5, 5.41) is 9.26. The first-order valence-electron chi connectivity index (χ1n) is 7.74. The van der Waals surface area contributed by atoms with Crippen LogP contribution in [0, 0.1) is 0 Å². The molecular weight excluding hydrogens is 248 g/mol. The van der Waals surface area contributed by atoms with Crippen molar-refractivity contribution in [2.75, 3.05) is 0 Å². The predicted octanol–water partition coefficient (Wildman–Crippen LogP) is 5.30. The van der Waals surface area contributed by atoms with Crippen LogP contribution in [0.15, 0.2) is 36.4 Å². The summed E-state index contributed by atoms with van der Waals surface area (Å²) in [6.07, 6.45) is 11.5. The van der Waals surface area contributed by atoms with E-state index in [0.29, 0.717) is 5.57 Å². The van der Waals surface area contributed by atoms with Gasteiger partial charge in [-0.1, -0.05) is 81.9 Å². The molecule has 0 saturated carbocycles. The average molecular weight is 274 g/mol. The standard InChI is InChI=1S/C18H26O2/c1-2-3-4-5-6-7-8-12-15-17(18(19)20)16-13-10-9-11-14-16/h9-11,13-15H,2-8,12H2,1H3,(H,19,20)/b17-15-. The first-order valence-corrected chi connectivity index (χ1v) is 7.74. The maximum absolute atomic E-state index is 11.3. The molecule has 0 aliphatic heterocycles. The summed E-state index contributed by atoms with van der Waals surface area (Å²) < 4.78 is 0. The molecule has 110 valence electrons. The smallest absolute Gasteiger partial charge is 0.335 e. The second-order valence-electron chi connectivity index (χ2n) is 5.20. The Labute approximate surface area is 122 Å². The summed E-state index contributed by atoms with van der Waals surface area (Å²) in [4.78, 5) is 11.3. The summed E-state index contributed by atoms with van der Waals surface area (Å²) in [5.74, 6) is -0.834. The predicted molar refractivity (Wildman–Crippen MR) is 84.7 cm³/mol. The molecule has 0 atom stereocenters. The first-order chi connectivity index (χ1) is 9.75. The van der Waals surface area contributed by atoms with E-state index in [1.54, 1.807) is 0 Å². The number of unbranched alkanes of at least 4 members (excludes halogenated alkanes) is 7. The molecule has 0 aliphatic carbocycles. The summed E-state index contributed by atoms with van der Waals surface area (Å²) in [6.45, 7) is 2.22. The Morgan fingerprint density at radius 1 is 1.00 bits per heavy atom. The normalized spacial score (nSPS) is 11.6. The van der Waals surface area contributed by atoms with Gasteiger partial charge in [0.25, 0.3) is 0 Å². The van der Waals surface area contributed by atoms with Crippen molar-refractivity contribution in [2.45, 2.75) is 58.3 Å². The van der Waals surface area contributed by atoms with E-state index in [-0.39, 0.29) is 0 Å². The van der Waals surface area contributed by atoms with Crippen molar-refractivity contribution in [3.8, 4) is 0 Å². The third-order valence-electron chi connectivity index (χ3n) is 3.47. The summed E-state index contributed by atoms with van der Waals surface area (Å²) >= 11 is 0. The fourth-order valence-corrected chi connectivity index (χ4v) is 2.29. The van der Waals surface area contributed by atoms with E-state index >= 15 is 0 Å². The topological polar surface area (TPSA) is 37.3 Å². The molecule has 1 aromatic rings. The Balaban J connectivity index is 2.33. The fourth-order valence-electron chi connectivity index (χ4n) is 2.29. The van der Waals surface area contributed by atoms with Gasteiger partial charge in [-0.3, -0.25) is 0 Å². The minimum absolute atomic E-state index is 0.427. The van der Waals surface area contributed by atoms with Crippen LogP contribution in [0.3, 0.4) is 0 Å². The van der Waals surface area contributed by atoms with E-state index < -0.39 is 5.97 Å². The van der Waals surface area contributed by atoms with Crippen LogP contribution >= 0.6 is 0 Å². The van der Waals surface area contributed by atoms with Gasteiger partial charge in [0, 0.05) is 0 Å². The molecule has 0 saturated heterocycles. The average Bonchev–Trinajstić information content (AvgIpc) is 2.46. The van der Waals surface area contributed by atoms with Crippen LogP contribution in [0.5, 0.6) is 0 Å². The summed E-state index contributed by atoms with van der Waals surface area (Å²) in [6, 6.07) is 9.36. The Hall–Kier alpha value is -1.57. The van der Waals surface area contributed by atoms with Gasteiger partial charge in [0.15, 0.2) is 0 Å². The van der Waals surface area contributed by atoms with Crippen LogP contribution in [0.2, 0.25) is 0 Å². The van der Waals surface area contributed by atoms with Gasteiger partial charge in [-0.05, 0) is 18.4 Å². The lowest BCUT2D eigenvalue weighted by Crippen LogP contribution is -1.99. The molecule has 0 aromatic heterocycles. The third kappa shape index (κ3) is 6.55. The Morgan fingerprint density at radius 2 is 1.60 bits per heavy atom. The highest BCUT2D eigenvalue weighted by atomic mass is 16.4. The highest BCUT2D eigenvalue weighted by Crippen LogP contribution is 2.16. The minimum atomic E-state index is -0.834. The molecule has 0 heterocycles. The third-order valence-corrected chi connectivity index (χ3v) is 3.47. The van der Waals surface area contributed by atoms with E-state index in [1.807, 2.05) is 36.4 Å². The fraction of sp³-hybridized carbons (Fsp3) is 0.500. The molecule has 0 spiro atoms. The first kappa shape index (κ1) is 16.5. The van der Waals surface area contributed by atoms with Crippen molar-refractivity contribution >= 4 is 11.5 Å². The number of carboxylic acid groups (broad SMARTS) is 1. The summed E-state index contributed by atoms with van der Waals surface area (Å²) in [5.41, 5.74) is 1.22. The molecule has 1 aromatic carbocycles. The number of hydrogen-bond acceptors (Lipinski definition) is 1. The molecule has 0 bridgehead atoms. The lowest BCUT2D eigenvalue weighted by atomic mass is 10.0. The maximum atomic E-state index is 11.3. The quantitative estimate of drug-likeness (QED) is 0.464. The Kier molecular flexibility index (Phi) is 8.44. The number of rotatable bonds is 10. The number of allylic oxidation sites excluding steroid dienone is 1. The van der Waals surface area contributed by atoms with Gasteiger partial charge in [0.1, 0.15) is 0 Å². The van der Waals surface area contributed by atoms with Crippen LogP contribution < -0.4 is 0 Å². The van der Waals surface area contributed by atoms with Crippen LogP contribution in [-0.4, -0.2) is 11.1 Å². The molecule has 2 nitrogen and oxygen atoms in total. The number of benzene rings is 1. The van der Waals surface area contributed by atoms with Crippen LogP contribution in [-0.2, 0) is 4.79 Å². The number of carboxylic acids is 1. The van der Waals surface area contributed by atoms with Crippen LogP contribution in [0.25, 0.3) is 5.57 Å². The SMILES string of the molecule is CCCCCCCCC/C=C(\C(=O)O)c1ccccc1. The molecule has 2 heteroatoms. The van der Waals surface area contributed by atoms with Crippen molar-refractivity contribution in [2.24, 2.45) is 0 Å². The molecule has 20 heavy (non-hydrogen) atoms. The molecule has 0 fully saturated rings. The zero-order chi connectivity index (χ0) is 14.6. The van der Waals surface area contributed by atoms with E-state index in [0.717, 1.165) is 18.4 Å². The highest BCUT2D eigenvalue weighted by molar-refractivity contribution is 6.15. The van der Waals surface area contributed by atoms with Crippen molar-refractivity contribution in [1.29, 1.82) is 0 Å². The molecule has 0 unspecified atom stereocenters. The molecule has 0 amide bonds. The number of carbonyl (C=O) groups is 1.